The van der Waals surface area contributed by atoms with Crippen LogP contribution in [-0.4, -0.2) is 32.7 Å². The van der Waals surface area contributed by atoms with E-state index in [0.29, 0.717) is 10.6 Å². The van der Waals surface area contributed by atoms with E-state index in [9.17, 15) is 18.0 Å². The van der Waals surface area contributed by atoms with Crippen molar-refractivity contribution in [1.29, 1.82) is 5.26 Å². The lowest BCUT2D eigenvalue weighted by Crippen LogP contribution is -2.30. The van der Waals surface area contributed by atoms with Crippen molar-refractivity contribution >= 4 is 38.1 Å². The first-order valence-corrected chi connectivity index (χ1v) is 9.79. The summed E-state index contributed by atoms with van der Waals surface area (Å²) in [6.45, 7) is 1.38. The van der Waals surface area contributed by atoms with Crippen molar-refractivity contribution < 1.29 is 22.7 Å². The van der Waals surface area contributed by atoms with Crippen LogP contribution in [0.3, 0.4) is 0 Å². The number of esters is 1. The Kier molecular flexibility index (Phi) is 5.56. The molecule has 1 aromatic heterocycles. The molecule has 1 N–H and O–H groups in total. The fourth-order valence-electron chi connectivity index (χ4n) is 1.84. The van der Waals surface area contributed by atoms with Gasteiger partial charge in [-0.2, -0.15) is 5.26 Å². The van der Waals surface area contributed by atoms with Crippen LogP contribution >= 0.6 is 11.3 Å². The highest BCUT2D eigenvalue weighted by molar-refractivity contribution is 7.90. The van der Waals surface area contributed by atoms with Crippen LogP contribution in [-0.2, 0) is 19.4 Å². The summed E-state index contributed by atoms with van der Waals surface area (Å²) in [6.07, 6.45) is -0.0931. The topological polar surface area (TPSA) is 113 Å². The lowest BCUT2D eigenvalue weighted by Gasteiger charge is -2.13. The molecule has 0 saturated heterocycles. The number of nitriles is 1. The summed E-state index contributed by atoms with van der Waals surface area (Å²) >= 11 is 1.18. The van der Waals surface area contributed by atoms with Crippen molar-refractivity contribution in [2.24, 2.45) is 0 Å². The van der Waals surface area contributed by atoms with E-state index >= 15 is 0 Å². The Hall–Kier alpha value is -2.70. The number of hydrogen-bond acceptors (Lipinski definition) is 7. The first-order valence-electron chi connectivity index (χ1n) is 7.02. The van der Waals surface area contributed by atoms with Gasteiger partial charge >= 0.3 is 5.97 Å². The molecule has 0 aliphatic rings. The monoisotopic (exact) mass is 378 g/mol. The summed E-state index contributed by atoms with van der Waals surface area (Å²) in [5, 5.41) is 13.5. The second-order valence-corrected chi connectivity index (χ2v) is 8.04. The largest absolute Gasteiger partial charge is 0.449 e. The van der Waals surface area contributed by atoms with E-state index in [-0.39, 0.29) is 10.5 Å². The average molecular weight is 378 g/mol. The minimum absolute atomic E-state index is 0.0173. The lowest BCUT2D eigenvalue weighted by atomic mass is 10.2. The van der Waals surface area contributed by atoms with Crippen molar-refractivity contribution in [3.63, 3.8) is 0 Å². The SMILES string of the molecule is CC(OC(=O)c1cccc(S(C)(=O)=O)c1)C(=O)Nc1sccc1C#N. The number of carbonyl (C=O) groups excluding carboxylic acids is 2. The van der Waals surface area contributed by atoms with Crippen LogP contribution in [0.2, 0.25) is 0 Å². The number of benzene rings is 1. The zero-order valence-electron chi connectivity index (χ0n) is 13.3. The van der Waals surface area contributed by atoms with Gasteiger partial charge < -0.3 is 10.1 Å². The quantitative estimate of drug-likeness (QED) is 0.798. The van der Waals surface area contributed by atoms with Crippen LogP contribution in [0.5, 0.6) is 0 Å². The Morgan fingerprint density at radius 1 is 1.32 bits per heavy atom. The van der Waals surface area contributed by atoms with Crippen molar-refractivity contribution in [2.45, 2.75) is 17.9 Å². The average Bonchev–Trinajstić information content (AvgIpc) is 3.01. The summed E-state index contributed by atoms with van der Waals surface area (Å²) < 4.78 is 28.1. The molecule has 0 spiro atoms. The molecule has 1 amide bonds. The number of nitrogens with zero attached hydrogens (tertiary/aromatic N) is 1. The molecule has 0 bridgehead atoms. The Labute approximate surface area is 148 Å². The zero-order valence-corrected chi connectivity index (χ0v) is 15.0. The van der Waals surface area contributed by atoms with Gasteiger partial charge in [-0.05, 0) is 36.6 Å². The molecule has 0 aliphatic heterocycles. The van der Waals surface area contributed by atoms with Gasteiger partial charge in [-0.1, -0.05) is 6.07 Å². The van der Waals surface area contributed by atoms with Crippen LogP contribution in [0.15, 0.2) is 40.6 Å². The van der Waals surface area contributed by atoms with Gasteiger partial charge in [0, 0.05) is 6.26 Å². The molecule has 1 heterocycles. The molecular formula is C16H14N2O5S2. The molecule has 0 fully saturated rings. The zero-order chi connectivity index (χ0) is 18.6. The normalized spacial score (nSPS) is 12.0. The number of amides is 1. The number of anilines is 1. The van der Waals surface area contributed by atoms with Crippen LogP contribution in [0.1, 0.15) is 22.8 Å². The third kappa shape index (κ3) is 4.65. The van der Waals surface area contributed by atoms with Gasteiger partial charge in [0.1, 0.15) is 11.1 Å². The fourth-order valence-corrected chi connectivity index (χ4v) is 3.25. The van der Waals surface area contributed by atoms with Gasteiger partial charge in [-0.3, -0.25) is 4.79 Å². The van der Waals surface area contributed by atoms with Crippen LogP contribution in [0.25, 0.3) is 0 Å². The maximum absolute atomic E-state index is 12.1. The maximum atomic E-state index is 12.1. The van der Waals surface area contributed by atoms with E-state index in [2.05, 4.69) is 5.32 Å². The molecule has 0 saturated carbocycles. The third-order valence-electron chi connectivity index (χ3n) is 3.17. The number of carbonyl (C=O) groups is 2. The first-order chi connectivity index (χ1) is 11.7. The molecule has 2 aromatic rings. The Morgan fingerprint density at radius 3 is 2.68 bits per heavy atom. The molecule has 0 radical (unpaired) electrons. The van der Waals surface area contributed by atoms with E-state index in [4.69, 9.17) is 10.00 Å². The highest BCUT2D eigenvalue weighted by Gasteiger charge is 2.21. The highest BCUT2D eigenvalue weighted by Crippen LogP contribution is 2.22. The van der Waals surface area contributed by atoms with Crippen LogP contribution < -0.4 is 5.32 Å². The van der Waals surface area contributed by atoms with E-state index < -0.39 is 27.8 Å². The molecule has 25 heavy (non-hydrogen) atoms. The van der Waals surface area contributed by atoms with E-state index in [1.54, 1.807) is 11.4 Å². The lowest BCUT2D eigenvalue weighted by molar-refractivity contribution is -0.123. The number of nitrogens with one attached hydrogen (secondary N) is 1. The van der Waals surface area contributed by atoms with Crippen molar-refractivity contribution in [1.82, 2.24) is 0 Å². The smallest absolute Gasteiger partial charge is 0.338 e. The number of sulfone groups is 1. The molecule has 2 rings (SSSR count). The molecule has 7 nitrogen and oxygen atoms in total. The van der Waals surface area contributed by atoms with Gasteiger partial charge in [0.2, 0.25) is 0 Å². The molecule has 1 atom stereocenters. The Bertz CT molecular complexity index is 957. The Morgan fingerprint density at radius 2 is 2.04 bits per heavy atom. The van der Waals surface area contributed by atoms with Gasteiger partial charge in [0.15, 0.2) is 15.9 Å². The first kappa shape index (κ1) is 18.6. The summed E-state index contributed by atoms with van der Waals surface area (Å²) in [5.41, 5.74) is 0.342. The number of thiophene rings is 1. The second kappa shape index (κ2) is 7.46. The van der Waals surface area contributed by atoms with E-state index in [1.807, 2.05) is 6.07 Å². The number of rotatable bonds is 5. The highest BCUT2D eigenvalue weighted by atomic mass is 32.2. The maximum Gasteiger partial charge on any atom is 0.338 e. The van der Waals surface area contributed by atoms with Crippen molar-refractivity contribution in [3.05, 3.63) is 46.8 Å². The second-order valence-electron chi connectivity index (χ2n) is 5.11. The molecule has 1 unspecified atom stereocenters. The van der Waals surface area contributed by atoms with Crippen molar-refractivity contribution in [2.75, 3.05) is 11.6 Å². The standard InChI is InChI=1S/C16H14N2O5S2/c1-10(14(19)18-15-12(9-17)6-7-24-15)23-16(20)11-4-3-5-13(8-11)25(2,21)22/h3-8,10H,1-2H3,(H,18,19). The predicted octanol–water partition coefficient (Wildman–Crippen LogP) is 2.21. The fraction of sp³-hybridized carbons (Fsp3) is 0.188. The minimum Gasteiger partial charge on any atom is -0.449 e. The summed E-state index contributed by atoms with van der Waals surface area (Å²) in [5.74, 6) is -1.41. The molecule has 0 aliphatic carbocycles. The number of hydrogen-bond donors (Lipinski definition) is 1. The van der Waals surface area contributed by atoms with Crippen LogP contribution in [0.4, 0.5) is 5.00 Å². The van der Waals surface area contributed by atoms with Gasteiger partial charge in [0.05, 0.1) is 16.0 Å². The van der Waals surface area contributed by atoms with Gasteiger partial charge in [0.25, 0.3) is 5.91 Å². The van der Waals surface area contributed by atoms with Crippen molar-refractivity contribution in [3.8, 4) is 6.07 Å². The van der Waals surface area contributed by atoms with Gasteiger partial charge in [-0.15, -0.1) is 11.3 Å². The number of ether oxygens (including phenoxy) is 1. The summed E-state index contributed by atoms with van der Waals surface area (Å²) in [6, 6.07) is 8.87. The predicted molar refractivity (Wildman–Crippen MR) is 92.1 cm³/mol. The summed E-state index contributed by atoms with van der Waals surface area (Å²) in [4.78, 5) is 24.2. The van der Waals surface area contributed by atoms with E-state index in [0.717, 1.165) is 6.26 Å². The molecule has 9 heteroatoms. The Balaban J connectivity index is 2.07. The van der Waals surface area contributed by atoms with Gasteiger partial charge in [-0.25, -0.2) is 13.2 Å². The minimum atomic E-state index is -3.46. The summed E-state index contributed by atoms with van der Waals surface area (Å²) in [7, 11) is -3.46. The van der Waals surface area contributed by atoms with E-state index in [1.165, 1.54) is 42.5 Å². The molecular weight excluding hydrogens is 364 g/mol. The molecule has 130 valence electrons. The van der Waals surface area contributed by atoms with Crippen LogP contribution in [0, 0.1) is 11.3 Å². The third-order valence-corrected chi connectivity index (χ3v) is 5.11. The molecule has 1 aromatic carbocycles.